The van der Waals surface area contributed by atoms with Gasteiger partial charge in [-0.3, -0.25) is 0 Å². The Kier molecular flexibility index (Phi) is 3.91. The lowest BCUT2D eigenvalue weighted by atomic mass is 9.92. The van der Waals surface area contributed by atoms with E-state index in [-0.39, 0.29) is 23.5 Å². The minimum atomic E-state index is -1.49. The fourth-order valence-electron chi connectivity index (χ4n) is 2.74. The summed E-state index contributed by atoms with van der Waals surface area (Å²) in [6.07, 6.45) is 0.149. The van der Waals surface area contributed by atoms with Crippen molar-refractivity contribution >= 4 is 11.5 Å². The van der Waals surface area contributed by atoms with Crippen molar-refractivity contribution in [1.29, 1.82) is 0 Å². The Balaban J connectivity index is 2.06. The molecule has 0 bridgehead atoms. The highest BCUT2D eigenvalue weighted by atomic mass is 16.7. The van der Waals surface area contributed by atoms with E-state index in [1.54, 1.807) is 24.3 Å². The Morgan fingerprint density at radius 2 is 1.50 bits per heavy atom. The van der Waals surface area contributed by atoms with Crippen LogP contribution in [0, 0.1) is 0 Å². The maximum absolute atomic E-state index is 11.9. The summed E-state index contributed by atoms with van der Waals surface area (Å²) in [5.74, 6) is -2.72. The SMILES string of the molecule is CO[C@]1(Cc2ccc(O)cc2)OC(=O)C(O)=C1c1ccc(O)cc1. The van der Waals surface area contributed by atoms with Crippen LogP contribution in [-0.2, 0) is 20.7 Å². The van der Waals surface area contributed by atoms with Crippen molar-refractivity contribution < 1.29 is 29.6 Å². The average molecular weight is 328 g/mol. The van der Waals surface area contributed by atoms with Gasteiger partial charge in [0.25, 0.3) is 0 Å². The largest absolute Gasteiger partial charge is 0.508 e. The summed E-state index contributed by atoms with van der Waals surface area (Å²) in [6, 6.07) is 12.4. The van der Waals surface area contributed by atoms with E-state index in [1.807, 2.05) is 0 Å². The van der Waals surface area contributed by atoms with Crippen LogP contribution in [0.3, 0.4) is 0 Å². The summed E-state index contributed by atoms with van der Waals surface area (Å²) < 4.78 is 10.8. The van der Waals surface area contributed by atoms with Crippen LogP contribution < -0.4 is 0 Å². The maximum atomic E-state index is 11.9. The van der Waals surface area contributed by atoms with Crippen molar-refractivity contribution in [3.63, 3.8) is 0 Å². The Morgan fingerprint density at radius 3 is 2.04 bits per heavy atom. The topological polar surface area (TPSA) is 96.2 Å². The van der Waals surface area contributed by atoms with Gasteiger partial charge in [0.05, 0.1) is 5.57 Å². The number of carbonyl (C=O) groups excluding carboxylic acids is 1. The lowest BCUT2D eigenvalue weighted by molar-refractivity contribution is -0.186. The van der Waals surface area contributed by atoms with E-state index in [0.717, 1.165) is 5.56 Å². The van der Waals surface area contributed by atoms with Gasteiger partial charge in [-0.1, -0.05) is 24.3 Å². The quantitative estimate of drug-likeness (QED) is 0.746. The van der Waals surface area contributed by atoms with Crippen LogP contribution in [0.4, 0.5) is 0 Å². The monoisotopic (exact) mass is 328 g/mol. The van der Waals surface area contributed by atoms with Crippen LogP contribution >= 0.6 is 0 Å². The highest BCUT2D eigenvalue weighted by Gasteiger charge is 2.49. The predicted molar refractivity (Wildman–Crippen MR) is 85.3 cm³/mol. The van der Waals surface area contributed by atoms with Crippen molar-refractivity contribution in [3.05, 3.63) is 65.4 Å². The summed E-state index contributed by atoms with van der Waals surface area (Å²) in [7, 11) is 1.38. The first kappa shape index (κ1) is 15.9. The Hall–Kier alpha value is -2.99. The molecule has 0 spiro atoms. The summed E-state index contributed by atoms with van der Waals surface area (Å²) >= 11 is 0. The zero-order valence-corrected chi connectivity index (χ0v) is 12.9. The summed E-state index contributed by atoms with van der Waals surface area (Å²) in [5.41, 5.74) is 1.44. The maximum Gasteiger partial charge on any atom is 0.376 e. The van der Waals surface area contributed by atoms with E-state index in [9.17, 15) is 20.1 Å². The van der Waals surface area contributed by atoms with E-state index in [2.05, 4.69) is 0 Å². The van der Waals surface area contributed by atoms with Gasteiger partial charge in [-0.15, -0.1) is 0 Å². The molecule has 0 radical (unpaired) electrons. The molecule has 2 aromatic carbocycles. The molecule has 2 aromatic rings. The number of aliphatic hydroxyl groups is 1. The molecule has 24 heavy (non-hydrogen) atoms. The van der Waals surface area contributed by atoms with Crippen molar-refractivity contribution in [2.75, 3.05) is 7.11 Å². The van der Waals surface area contributed by atoms with Gasteiger partial charge in [0.1, 0.15) is 11.5 Å². The van der Waals surface area contributed by atoms with E-state index in [0.29, 0.717) is 5.56 Å². The van der Waals surface area contributed by atoms with E-state index >= 15 is 0 Å². The van der Waals surface area contributed by atoms with Crippen molar-refractivity contribution in [2.45, 2.75) is 12.2 Å². The zero-order valence-electron chi connectivity index (χ0n) is 12.9. The second kappa shape index (κ2) is 5.90. The number of aliphatic hydroxyl groups excluding tert-OH is 1. The molecule has 1 heterocycles. The number of hydrogen-bond donors (Lipinski definition) is 3. The molecular weight excluding hydrogens is 312 g/mol. The number of hydrogen-bond acceptors (Lipinski definition) is 6. The molecule has 0 unspecified atom stereocenters. The minimum Gasteiger partial charge on any atom is -0.508 e. The van der Waals surface area contributed by atoms with Gasteiger partial charge in [-0.25, -0.2) is 4.79 Å². The van der Waals surface area contributed by atoms with Gasteiger partial charge < -0.3 is 24.8 Å². The highest BCUT2D eigenvalue weighted by molar-refractivity contribution is 6.01. The lowest BCUT2D eigenvalue weighted by Crippen LogP contribution is -2.36. The molecule has 6 heteroatoms. The third-order valence-corrected chi connectivity index (χ3v) is 3.93. The van der Waals surface area contributed by atoms with Gasteiger partial charge in [-0.2, -0.15) is 0 Å². The van der Waals surface area contributed by atoms with Crippen LogP contribution in [0.2, 0.25) is 0 Å². The highest BCUT2D eigenvalue weighted by Crippen LogP contribution is 2.42. The molecular formula is C18H16O6. The lowest BCUT2D eigenvalue weighted by Gasteiger charge is -2.29. The van der Waals surface area contributed by atoms with Crippen LogP contribution in [-0.4, -0.2) is 34.2 Å². The molecule has 0 aromatic heterocycles. The van der Waals surface area contributed by atoms with Crippen LogP contribution in [0.1, 0.15) is 11.1 Å². The number of rotatable bonds is 4. The molecule has 0 saturated carbocycles. The Morgan fingerprint density at radius 1 is 0.958 bits per heavy atom. The molecule has 1 atom stereocenters. The molecule has 3 rings (SSSR count). The number of cyclic esters (lactones) is 1. The molecule has 6 nitrogen and oxygen atoms in total. The number of carbonyl (C=O) groups is 1. The molecule has 124 valence electrons. The van der Waals surface area contributed by atoms with Crippen LogP contribution in [0.15, 0.2) is 54.3 Å². The first-order valence-electron chi connectivity index (χ1n) is 7.25. The van der Waals surface area contributed by atoms with Gasteiger partial charge >= 0.3 is 5.97 Å². The van der Waals surface area contributed by atoms with Gasteiger partial charge in [0.15, 0.2) is 0 Å². The number of methoxy groups -OCH3 is 1. The normalized spacial score (nSPS) is 20.3. The van der Waals surface area contributed by atoms with E-state index in [4.69, 9.17) is 9.47 Å². The molecule has 0 fully saturated rings. The smallest absolute Gasteiger partial charge is 0.376 e. The summed E-state index contributed by atoms with van der Waals surface area (Å²) in [5, 5.41) is 29.0. The number of aromatic hydroxyl groups is 2. The van der Waals surface area contributed by atoms with Gasteiger partial charge in [-0.05, 0) is 35.4 Å². The molecule has 1 aliphatic heterocycles. The van der Waals surface area contributed by atoms with E-state index < -0.39 is 17.5 Å². The van der Waals surface area contributed by atoms with Gasteiger partial charge in [0.2, 0.25) is 11.5 Å². The summed E-state index contributed by atoms with van der Waals surface area (Å²) in [6.45, 7) is 0. The van der Waals surface area contributed by atoms with Crippen molar-refractivity contribution in [3.8, 4) is 11.5 Å². The Bertz CT molecular complexity index is 791. The number of benzene rings is 2. The third-order valence-electron chi connectivity index (χ3n) is 3.93. The average Bonchev–Trinajstić information content (AvgIpc) is 2.82. The van der Waals surface area contributed by atoms with Gasteiger partial charge in [0, 0.05) is 13.5 Å². The minimum absolute atomic E-state index is 0.0608. The van der Waals surface area contributed by atoms with Crippen molar-refractivity contribution in [1.82, 2.24) is 0 Å². The molecule has 1 aliphatic rings. The van der Waals surface area contributed by atoms with Crippen molar-refractivity contribution in [2.24, 2.45) is 0 Å². The molecule has 3 N–H and O–H groups in total. The zero-order chi connectivity index (χ0) is 17.3. The fraction of sp³-hybridized carbons (Fsp3) is 0.167. The molecule has 0 aliphatic carbocycles. The van der Waals surface area contributed by atoms with E-state index in [1.165, 1.54) is 31.4 Å². The fourth-order valence-corrected chi connectivity index (χ4v) is 2.74. The van der Waals surface area contributed by atoms with Crippen LogP contribution in [0.5, 0.6) is 11.5 Å². The Labute approximate surface area is 138 Å². The van der Waals surface area contributed by atoms with Crippen LogP contribution in [0.25, 0.3) is 5.57 Å². The first-order valence-corrected chi connectivity index (χ1v) is 7.25. The summed E-state index contributed by atoms with van der Waals surface area (Å²) in [4.78, 5) is 11.9. The second-order valence-corrected chi connectivity index (χ2v) is 5.46. The molecule has 0 saturated heterocycles. The number of esters is 1. The predicted octanol–water partition coefficient (Wildman–Crippen LogP) is 2.51. The standard InChI is InChI=1S/C18H16O6/c1-23-18(10-11-2-6-13(19)7-3-11)15(16(21)17(22)24-18)12-4-8-14(20)9-5-12/h2-9,19-21H,10H2,1H3/t18-/m1/s1. The number of phenolic OH excluding ortho intramolecular Hbond substituents is 2. The second-order valence-electron chi connectivity index (χ2n) is 5.46. The number of phenols is 2. The number of ether oxygens (including phenoxy) is 2. The third kappa shape index (κ3) is 2.68. The molecule has 0 amide bonds. The first-order chi connectivity index (χ1) is 11.4.